The summed E-state index contributed by atoms with van der Waals surface area (Å²) >= 11 is 0. The molecule has 1 aliphatic rings. The minimum Gasteiger partial charge on any atom is -0.330 e. The predicted octanol–water partition coefficient (Wildman–Crippen LogP) is 0.675. The van der Waals surface area contributed by atoms with Gasteiger partial charge in [-0.2, -0.15) is 0 Å². The van der Waals surface area contributed by atoms with Crippen molar-refractivity contribution in [3.63, 3.8) is 0 Å². The van der Waals surface area contributed by atoms with E-state index >= 15 is 0 Å². The number of nitrogens with two attached hydrogens (primary N) is 1. The molecule has 2 heteroatoms. The normalized spacial score (nSPS) is 32.4. The van der Waals surface area contributed by atoms with E-state index in [1.54, 1.807) is 0 Å². The van der Waals surface area contributed by atoms with Crippen molar-refractivity contribution in [3.05, 3.63) is 0 Å². The largest absolute Gasteiger partial charge is 0.330 e. The zero-order chi connectivity index (χ0) is 7.56. The first-order chi connectivity index (χ1) is 4.79. The smallest absolute Gasteiger partial charge is 0.0132 e. The fraction of sp³-hybridized carbons (Fsp3) is 1.00. The van der Waals surface area contributed by atoms with Gasteiger partial charge in [0.2, 0.25) is 0 Å². The number of rotatable bonds is 3. The van der Waals surface area contributed by atoms with Gasteiger partial charge in [-0.3, -0.25) is 0 Å². The Labute approximate surface area is 63.4 Å². The lowest BCUT2D eigenvalue weighted by molar-refractivity contribution is 0.0945. The van der Waals surface area contributed by atoms with Crippen molar-refractivity contribution in [2.75, 3.05) is 20.1 Å². The lowest BCUT2D eigenvalue weighted by atomic mass is 9.79. The van der Waals surface area contributed by atoms with E-state index in [9.17, 15) is 0 Å². The van der Waals surface area contributed by atoms with E-state index in [2.05, 4.69) is 18.9 Å². The standard InChI is InChI=1S/C8H18N2/c1-3-10(2)8-5-4-7(8)6-9/h7-8H,3-6,9H2,1-2H3. The maximum Gasteiger partial charge on any atom is 0.0132 e. The highest BCUT2D eigenvalue weighted by molar-refractivity contribution is 4.87. The zero-order valence-electron chi connectivity index (χ0n) is 7.01. The summed E-state index contributed by atoms with van der Waals surface area (Å²) in [5.41, 5.74) is 5.59. The molecule has 1 fully saturated rings. The molecule has 0 aromatic heterocycles. The highest BCUT2D eigenvalue weighted by Crippen LogP contribution is 2.29. The molecule has 60 valence electrons. The van der Waals surface area contributed by atoms with Crippen LogP contribution in [-0.2, 0) is 0 Å². The first-order valence-electron chi connectivity index (χ1n) is 4.20. The van der Waals surface area contributed by atoms with Crippen LogP contribution in [0.2, 0.25) is 0 Å². The molecule has 2 unspecified atom stereocenters. The molecule has 0 bridgehead atoms. The molecule has 1 aliphatic carbocycles. The Hall–Kier alpha value is -0.0800. The summed E-state index contributed by atoms with van der Waals surface area (Å²) in [4.78, 5) is 2.40. The van der Waals surface area contributed by atoms with Gasteiger partial charge in [0.1, 0.15) is 0 Å². The Balaban J connectivity index is 2.27. The van der Waals surface area contributed by atoms with Crippen molar-refractivity contribution < 1.29 is 0 Å². The fourth-order valence-corrected chi connectivity index (χ4v) is 1.64. The van der Waals surface area contributed by atoms with Crippen molar-refractivity contribution in [2.45, 2.75) is 25.8 Å². The maximum absolute atomic E-state index is 5.59. The summed E-state index contributed by atoms with van der Waals surface area (Å²) in [6.45, 7) is 4.22. The molecule has 2 nitrogen and oxygen atoms in total. The third-order valence-electron chi connectivity index (χ3n) is 2.75. The van der Waals surface area contributed by atoms with Gasteiger partial charge in [-0.05, 0) is 38.9 Å². The van der Waals surface area contributed by atoms with Crippen LogP contribution in [0.5, 0.6) is 0 Å². The Bertz CT molecular complexity index is 94.7. The van der Waals surface area contributed by atoms with Crippen molar-refractivity contribution >= 4 is 0 Å². The third kappa shape index (κ3) is 1.32. The molecule has 0 radical (unpaired) electrons. The van der Waals surface area contributed by atoms with E-state index < -0.39 is 0 Å². The van der Waals surface area contributed by atoms with E-state index in [0.29, 0.717) is 0 Å². The second-order valence-corrected chi connectivity index (χ2v) is 3.21. The zero-order valence-corrected chi connectivity index (χ0v) is 7.01. The van der Waals surface area contributed by atoms with E-state index in [4.69, 9.17) is 5.73 Å². The van der Waals surface area contributed by atoms with E-state index in [1.807, 2.05) is 0 Å². The molecule has 0 spiro atoms. The first kappa shape index (κ1) is 8.02. The van der Waals surface area contributed by atoms with Gasteiger partial charge in [0.15, 0.2) is 0 Å². The second-order valence-electron chi connectivity index (χ2n) is 3.21. The molecule has 0 heterocycles. The van der Waals surface area contributed by atoms with Crippen LogP contribution in [0.4, 0.5) is 0 Å². The van der Waals surface area contributed by atoms with E-state index in [0.717, 1.165) is 25.0 Å². The van der Waals surface area contributed by atoms with Crippen LogP contribution in [0.25, 0.3) is 0 Å². The molecule has 0 aromatic carbocycles. The lowest BCUT2D eigenvalue weighted by Gasteiger charge is -2.41. The Morgan fingerprint density at radius 2 is 2.20 bits per heavy atom. The molecular formula is C8H18N2. The Morgan fingerprint density at radius 3 is 2.50 bits per heavy atom. The highest BCUT2D eigenvalue weighted by Gasteiger charge is 2.31. The predicted molar refractivity (Wildman–Crippen MR) is 43.9 cm³/mol. The van der Waals surface area contributed by atoms with Crippen LogP contribution in [0.1, 0.15) is 19.8 Å². The molecule has 0 amide bonds. The van der Waals surface area contributed by atoms with Gasteiger partial charge < -0.3 is 10.6 Å². The quantitative estimate of drug-likeness (QED) is 0.627. The molecular weight excluding hydrogens is 124 g/mol. The van der Waals surface area contributed by atoms with Gasteiger partial charge >= 0.3 is 0 Å². The first-order valence-corrected chi connectivity index (χ1v) is 4.20. The summed E-state index contributed by atoms with van der Waals surface area (Å²) < 4.78 is 0. The van der Waals surface area contributed by atoms with E-state index in [1.165, 1.54) is 12.8 Å². The molecule has 1 saturated carbocycles. The van der Waals surface area contributed by atoms with Crippen LogP contribution in [0, 0.1) is 5.92 Å². The van der Waals surface area contributed by atoms with Gasteiger partial charge in [-0.25, -0.2) is 0 Å². The second kappa shape index (κ2) is 3.35. The summed E-state index contributed by atoms with van der Waals surface area (Å²) in [5, 5.41) is 0. The summed E-state index contributed by atoms with van der Waals surface area (Å²) in [6, 6.07) is 0.787. The van der Waals surface area contributed by atoms with Crippen LogP contribution >= 0.6 is 0 Å². The lowest BCUT2D eigenvalue weighted by Crippen LogP contribution is -2.47. The number of nitrogens with zero attached hydrogens (tertiary/aromatic N) is 1. The average Bonchev–Trinajstić information content (AvgIpc) is 1.86. The molecule has 2 N–H and O–H groups in total. The SMILES string of the molecule is CCN(C)C1CCC1CN. The van der Waals surface area contributed by atoms with Crippen LogP contribution in [-0.4, -0.2) is 31.1 Å². The van der Waals surface area contributed by atoms with E-state index in [-0.39, 0.29) is 0 Å². The maximum atomic E-state index is 5.59. The summed E-state index contributed by atoms with van der Waals surface area (Å²) in [7, 11) is 2.19. The van der Waals surface area contributed by atoms with Crippen molar-refractivity contribution in [3.8, 4) is 0 Å². The molecule has 0 aromatic rings. The number of hydrogen-bond donors (Lipinski definition) is 1. The molecule has 0 saturated heterocycles. The van der Waals surface area contributed by atoms with Crippen LogP contribution in [0.15, 0.2) is 0 Å². The molecule has 10 heavy (non-hydrogen) atoms. The topological polar surface area (TPSA) is 29.3 Å². The van der Waals surface area contributed by atoms with Gasteiger partial charge in [0.05, 0.1) is 0 Å². The summed E-state index contributed by atoms with van der Waals surface area (Å²) in [5.74, 6) is 0.782. The third-order valence-corrected chi connectivity index (χ3v) is 2.75. The fourth-order valence-electron chi connectivity index (χ4n) is 1.64. The van der Waals surface area contributed by atoms with Crippen molar-refractivity contribution in [1.82, 2.24) is 4.90 Å². The highest BCUT2D eigenvalue weighted by atomic mass is 15.1. The van der Waals surface area contributed by atoms with Gasteiger partial charge in [0.25, 0.3) is 0 Å². The Kier molecular flexibility index (Phi) is 2.69. The van der Waals surface area contributed by atoms with Gasteiger partial charge in [0, 0.05) is 6.04 Å². The molecule has 1 rings (SSSR count). The van der Waals surface area contributed by atoms with Crippen molar-refractivity contribution in [2.24, 2.45) is 11.7 Å². The van der Waals surface area contributed by atoms with Gasteiger partial charge in [-0.1, -0.05) is 6.92 Å². The molecule has 0 aliphatic heterocycles. The monoisotopic (exact) mass is 142 g/mol. The Morgan fingerprint density at radius 1 is 1.50 bits per heavy atom. The average molecular weight is 142 g/mol. The van der Waals surface area contributed by atoms with Crippen LogP contribution in [0.3, 0.4) is 0 Å². The van der Waals surface area contributed by atoms with Crippen molar-refractivity contribution in [1.29, 1.82) is 0 Å². The minimum absolute atomic E-state index is 0.782. The summed E-state index contributed by atoms with van der Waals surface area (Å²) in [6.07, 6.45) is 2.69. The van der Waals surface area contributed by atoms with Gasteiger partial charge in [-0.15, -0.1) is 0 Å². The number of hydrogen-bond acceptors (Lipinski definition) is 2. The molecule has 2 atom stereocenters. The minimum atomic E-state index is 0.782. The van der Waals surface area contributed by atoms with Crippen LogP contribution < -0.4 is 5.73 Å².